The normalized spacial score (nSPS) is 11.8. The maximum Gasteiger partial charge on any atom is 0.573 e. The second kappa shape index (κ2) is 9.24. The van der Waals surface area contributed by atoms with Gasteiger partial charge in [-0.3, -0.25) is 4.79 Å². The average molecular weight is 479 g/mol. The summed E-state index contributed by atoms with van der Waals surface area (Å²) >= 11 is 1.17. The number of fused-ring (bicyclic) bond motifs is 2. The molecule has 2 aromatic heterocycles. The number of alkyl halides is 3. The van der Waals surface area contributed by atoms with E-state index in [9.17, 15) is 18.0 Å². The van der Waals surface area contributed by atoms with E-state index in [1.165, 1.54) is 29.5 Å². The third-order valence-electron chi connectivity index (χ3n) is 4.83. The molecule has 0 aliphatic rings. The number of nitrogens with one attached hydrogen (secondary N) is 2. The third-order valence-corrected chi connectivity index (χ3v) is 5.76. The Morgan fingerprint density at radius 3 is 2.70 bits per heavy atom. The van der Waals surface area contributed by atoms with Crippen LogP contribution in [0.4, 0.5) is 24.3 Å². The highest BCUT2D eigenvalue weighted by Gasteiger charge is 2.31. The number of halogens is 3. The highest BCUT2D eigenvalue weighted by atomic mass is 32.1. The minimum Gasteiger partial charge on any atom is -0.406 e. The quantitative estimate of drug-likeness (QED) is 0.325. The number of rotatable bonds is 8. The molecule has 4 aromatic rings. The number of aliphatic hydroxyl groups is 1. The van der Waals surface area contributed by atoms with Crippen LogP contribution < -0.4 is 15.4 Å². The number of aromatic nitrogens is 3. The van der Waals surface area contributed by atoms with Crippen molar-refractivity contribution in [2.75, 3.05) is 18.5 Å². The summed E-state index contributed by atoms with van der Waals surface area (Å²) < 4.78 is 43.6. The smallest absolute Gasteiger partial charge is 0.406 e. The third kappa shape index (κ3) is 5.34. The van der Waals surface area contributed by atoms with Gasteiger partial charge in [0.1, 0.15) is 5.75 Å². The summed E-state index contributed by atoms with van der Waals surface area (Å²) in [5.41, 5.74) is 2.40. The van der Waals surface area contributed by atoms with E-state index < -0.39 is 6.36 Å². The zero-order chi connectivity index (χ0) is 23.6. The van der Waals surface area contributed by atoms with Crippen LogP contribution in [0.2, 0.25) is 0 Å². The van der Waals surface area contributed by atoms with Gasteiger partial charge in [-0.15, -0.1) is 13.2 Å². The molecule has 2 aromatic carbocycles. The Morgan fingerprint density at radius 1 is 1.15 bits per heavy atom. The number of aryl methyl sites for hydroxylation is 1. The first-order chi connectivity index (χ1) is 15.7. The van der Waals surface area contributed by atoms with E-state index in [4.69, 9.17) is 5.11 Å². The molecule has 3 N–H and O–H groups in total. The van der Waals surface area contributed by atoms with Crippen LogP contribution in [-0.4, -0.2) is 45.1 Å². The summed E-state index contributed by atoms with van der Waals surface area (Å²) in [6.07, 6.45) is -3.45. The van der Waals surface area contributed by atoms with Crippen LogP contribution in [0.25, 0.3) is 21.3 Å². The fourth-order valence-electron chi connectivity index (χ4n) is 3.23. The molecule has 0 atom stereocenters. The molecule has 0 saturated carbocycles. The second-order valence-electron chi connectivity index (χ2n) is 7.21. The standard InChI is InChI=1S/C21H20F3N5O3S/c1-29-16-10-12(18(31)25-8-2-3-9-30)4-6-14(16)26-19(29)28-20-27-15-7-5-13(11-17(15)33-20)32-21(22,23)24/h4-7,10-11,30H,2-3,8-9H2,1H3,(H,25,31)(H,26,27,28). The number of hydrogen-bond acceptors (Lipinski definition) is 7. The molecule has 2 heterocycles. The molecule has 0 unspecified atom stereocenters. The number of carbonyl (C=O) groups is 1. The summed E-state index contributed by atoms with van der Waals surface area (Å²) in [6.45, 7) is 0.562. The van der Waals surface area contributed by atoms with Gasteiger partial charge in [-0.05, 0) is 43.2 Å². The molecule has 0 saturated heterocycles. The summed E-state index contributed by atoms with van der Waals surface area (Å²) in [4.78, 5) is 21.3. The minimum absolute atomic E-state index is 0.0871. The molecule has 174 valence electrons. The molecule has 12 heteroatoms. The zero-order valence-corrected chi connectivity index (χ0v) is 18.3. The van der Waals surface area contributed by atoms with Gasteiger partial charge in [0.2, 0.25) is 5.95 Å². The number of anilines is 2. The highest BCUT2D eigenvalue weighted by molar-refractivity contribution is 7.22. The summed E-state index contributed by atoms with van der Waals surface area (Å²) in [5.74, 6) is -0.0555. The zero-order valence-electron chi connectivity index (χ0n) is 17.4. The van der Waals surface area contributed by atoms with Gasteiger partial charge in [-0.1, -0.05) is 11.3 Å². The first-order valence-electron chi connectivity index (χ1n) is 10.0. The van der Waals surface area contributed by atoms with Gasteiger partial charge in [0.05, 0.1) is 21.3 Å². The van der Waals surface area contributed by atoms with Gasteiger partial charge < -0.3 is 25.0 Å². The van der Waals surface area contributed by atoms with Crippen molar-refractivity contribution in [3.8, 4) is 5.75 Å². The number of unbranched alkanes of at least 4 members (excludes halogenated alkanes) is 1. The Labute approximate surface area is 190 Å². The van der Waals surface area contributed by atoms with Crippen molar-refractivity contribution in [1.82, 2.24) is 19.9 Å². The molecular weight excluding hydrogens is 459 g/mol. The van der Waals surface area contributed by atoms with Crippen LogP contribution in [0.3, 0.4) is 0 Å². The topological polar surface area (TPSA) is 101 Å². The number of carbonyl (C=O) groups excluding carboxylic acids is 1. The summed E-state index contributed by atoms with van der Waals surface area (Å²) in [7, 11) is 1.78. The summed E-state index contributed by atoms with van der Waals surface area (Å²) in [5, 5.41) is 15.2. The highest BCUT2D eigenvalue weighted by Crippen LogP contribution is 2.33. The van der Waals surface area contributed by atoms with Crippen LogP contribution in [0.1, 0.15) is 23.2 Å². The van der Waals surface area contributed by atoms with Crippen molar-refractivity contribution in [3.05, 3.63) is 42.0 Å². The molecule has 33 heavy (non-hydrogen) atoms. The van der Waals surface area contributed by atoms with Gasteiger partial charge in [0.15, 0.2) is 5.13 Å². The second-order valence-corrected chi connectivity index (χ2v) is 8.24. The average Bonchev–Trinajstić information content (AvgIpc) is 3.29. The van der Waals surface area contributed by atoms with Crippen molar-refractivity contribution in [1.29, 1.82) is 0 Å². The molecule has 0 aliphatic heterocycles. The lowest BCUT2D eigenvalue weighted by molar-refractivity contribution is -0.274. The number of thiazole rings is 1. The Morgan fingerprint density at radius 2 is 1.94 bits per heavy atom. The Bertz CT molecular complexity index is 1300. The van der Waals surface area contributed by atoms with E-state index in [0.717, 1.165) is 5.52 Å². The predicted octanol–water partition coefficient (Wildman–Crippen LogP) is 4.33. The fourth-order valence-corrected chi connectivity index (χ4v) is 4.12. The lowest BCUT2D eigenvalue weighted by atomic mass is 10.2. The molecule has 8 nitrogen and oxygen atoms in total. The number of imidazole rings is 1. The fraction of sp³-hybridized carbons (Fsp3) is 0.286. The van der Waals surface area contributed by atoms with E-state index in [-0.39, 0.29) is 18.3 Å². The first kappa shape index (κ1) is 22.8. The van der Waals surface area contributed by atoms with Crippen LogP contribution in [-0.2, 0) is 7.05 Å². The van der Waals surface area contributed by atoms with Crippen molar-refractivity contribution < 1.29 is 27.8 Å². The van der Waals surface area contributed by atoms with Crippen LogP contribution in [0.5, 0.6) is 5.75 Å². The molecule has 4 rings (SSSR count). The van der Waals surface area contributed by atoms with Gasteiger partial charge in [0.25, 0.3) is 5.91 Å². The van der Waals surface area contributed by atoms with Gasteiger partial charge in [-0.25, -0.2) is 9.97 Å². The van der Waals surface area contributed by atoms with Crippen LogP contribution in [0, 0.1) is 0 Å². The summed E-state index contributed by atoms with van der Waals surface area (Å²) in [6, 6.07) is 9.10. The van der Waals surface area contributed by atoms with Crippen molar-refractivity contribution >= 4 is 49.6 Å². The molecule has 0 radical (unpaired) electrons. The van der Waals surface area contributed by atoms with E-state index in [1.54, 1.807) is 29.8 Å². The Hall–Kier alpha value is -3.38. The molecule has 0 bridgehead atoms. The lowest BCUT2D eigenvalue weighted by Gasteiger charge is -2.07. The molecule has 0 fully saturated rings. The van der Waals surface area contributed by atoms with Gasteiger partial charge in [-0.2, -0.15) is 0 Å². The number of aliphatic hydroxyl groups excluding tert-OH is 1. The van der Waals surface area contributed by atoms with Crippen molar-refractivity contribution in [2.45, 2.75) is 19.2 Å². The largest absolute Gasteiger partial charge is 0.573 e. The van der Waals surface area contributed by atoms with Gasteiger partial charge in [0, 0.05) is 31.8 Å². The molecule has 0 aliphatic carbocycles. The number of ether oxygens (including phenoxy) is 1. The molecular formula is C21H20F3N5O3S. The van der Waals surface area contributed by atoms with Crippen LogP contribution in [0.15, 0.2) is 36.4 Å². The Kier molecular flexibility index (Phi) is 6.38. The number of amides is 1. The van der Waals surface area contributed by atoms with E-state index >= 15 is 0 Å². The van der Waals surface area contributed by atoms with E-state index in [2.05, 4.69) is 25.3 Å². The number of hydrogen-bond donors (Lipinski definition) is 3. The number of benzene rings is 2. The van der Waals surface area contributed by atoms with Gasteiger partial charge >= 0.3 is 6.36 Å². The van der Waals surface area contributed by atoms with Crippen molar-refractivity contribution in [3.63, 3.8) is 0 Å². The SMILES string of the molecule is Cn1c(Nc2nc3ccc(OC(F)(F)F)cc3s2)nc2ccc(C(=O)NCCCCO)cc21. The Balaban J connectivity index is 1.53. The first-order valence-corrected chi connectivity index (χ1v) is 10.8. The predicted molar refractivity (Wildman–Crippen MR) is 119 cm³/mol. The maximum absolute atomic E-state index is 12.5. The van der Waals surface area contributed by atoms with E-state index in [0.29, 0.717) is 51.8 Å². The molecule has 0 spiro atoms. The lowest BCUT2D eigenvalue weighted by Crippen LogP contribution is -2.24. The number of nitrogens with zero attached hydrogens (tertiary/aromatic N) is 3. The maximum atomic E-state index is 12.5. The minimum atomic E-state index is -4.76. The van der Waals surface area contributed by atoms with Crippen molar-refractivity contribution in [2.24, 2.45) is 7.05 Å². The monoisotopic (exact) mass is 479 g/mol. The molecule has 1 amide bonds. The van der Waals surface area contributed by atoms with E-state index in [1.807, 2.05) is 0 Å². The van der Waals surface area contributed by atoms with Crippen LogP contribution >= 0.6 is 11.3 Å².